The highest BCUT2D eigenvalue weighted by molar-refractivity contribution is 7.92. The highest BCUT2D eigenvalue weighted by Gasteiger charge is 2.28. The first-order chi connectivity index (χ1) is 15.6. The Labute approximate surface area is 194 Å². The number of unbranched alkanes of at least 4 members (excludes halogenated alkanes) is 6. The van der Waals surface area contributed by atoms with E-state index >= 15 is 0 Å². The number of nitrogens with two attached hydrogens (primary N) is 1. The molecule has 0 heterocycles. The molecular weight excluding hydrogens is 434 g/mol. The molecule has 9 heteroatoms. The quantitative estimate of drug-likeness (QED) is 0.153. The third-order valence-electron chi connectivity index (χ3n) is 4.86. The molecule has 0 saturated heterocycles. The molecule has 8 nitrogen and oxygen atoms in total. The minimum atomic E-state index is -3.68. The largest absolute Gasteiger partial charge is 0.491 e. The van der Waals surface area contributed by atoms with Crippen LogP contribution in [0.5, 0.6) is 5.75 Å². The van der Waals surface area contributed by atoms with Crippen LogP contribution in [-0.4, -0.2) is 52.0 Å². The second-order valence-corrected chi connectivity index (χ2v) is 9.27. The van der Waals surface area contributed by atoms with Crippen LogP contribution in [0.25, 0.3) is 0 Å². The summed E-state index contributed by atoms with van der Waals surface area (Å²) in [5, 5.41) is 0. The molecule has 0 bridgehead atoms. The molecule has 0 amide bonds. The van der Waals surface area contributed by atoms with E-state index in [1.54, 1.807) is 0 Å². The monoisotopic (exact) mass is 475 g/mol. The molecule has 185 valence electrons. The van der Waals surface area contributed by atoms with Gasteiger partial charge >= 0.3 is 10.5 Å². The molecule has 1 atom stereocenters. The van der Waals surface area contributed by atoms with Gasteiger partial charge in [-0.15, -0.1) is 0 Å². The first kappa shape index (κ1) is 29.0. The molecule has 1 rings (SSSR count). The fraction of sp³-hybridized carbons (Fsp3) is 0.739. The minimum Gasteiger partial charge on any atom is -0.491 e. The average molecular weight is 476 g/mol. The lowest BCUT2D eigenvalue weighted by Crippen LogP contribution is -2.24. The lowest BCUT2D eigenvalue weighted by Gasteiger charge is -2.09. The predicted octanol–water partition coefficient (Wildman–Crippen LogP) is 4.06. The number of benzene rings is 1. The van der Waals surface area contributed by atoms with E-state index in [1.165, 1.54) is 50.5 Å². The van der Waals surface area contributed by atoms with Gasteiger partial charge in [-0.25, -0.2) is 0 Å². The zero-order valence-electron chi connectivity index (χ0n) is 19.5. The summed E-state index contributed by atoms with van der Waals surface area (Å²) in [6.07, 6.45) is 10.4. The normalized spacial score (nSPS) is 13.2. The summed E-state index contributed by atoms with van der Waals surface area (Å²) < 4.78 is 47.4. The third-order valence-corrected chi connectivity index (χ3v) is 5.82. The molecule has 0 aliphatic carbocycles. The first-order valence-electron chi connectivity index (χ1n) is 11.6. The predicted molar refractivity (Wildman–Crippen MR) is 125 cm³/mol. The number of hydrogen-bond acceptors (Lipinski definition) is 7. The van der Waals surface area contributed by atoms with Gasteiger partial charge in [0.15, 0.2) is 0 Å². The van der Waals surface area contributed by atoms with Crippen molar-refractivity contribution in [3.8, 4) is 5.75 Å². The standard InChI is InChI=1S/C23H41NO7S/c1-2-3-4-5-6-7-8-9-22-10-12-23(13-11-22)30-19-18-28-15-14-27-16-17-29-20-21-32(25,26)31-24/h10-13H,2-9,14-21,24H2,1H3/q+1. The Hall–Kier alpha value is -1.07. The second kappa shape index (κ2) is 19.4. The fourth-order valence-corrected chi connectivity index (χ4v) is 3.43. The van der Waals surface area contributed by atoms with E-state index < -0.39 is 10.5 Å². The smallest absolute Gasteiger partial charge is 0.415 e. The maximum atomic E-state index is 11.0. The molecule has 0 aliphatic rings. The van der Waals surface area contributed by atoms with Crippen molar-refractivity contribution in [2.24, 2.45) is 5.90 Å². The zero-order valence-corrected chi connectivity index (χ0v) is 20.3. The first-order valence-corrected chi connectivity index (χ1v) is 13.2. The Kier molecular flexibility index (Phi) is 17.6. The van der Waals surface area contributed by atoms with Gasteiger partial charge in [-0.3, -0.25) is 0 Å². The number of hydrogen-bond donors (Lipinski definition) is 1. The van der Waals surface area contributed by atoms with Gasteiger partial charge in [-0.1, -0.05) is 57.6 Å². The number of ether oxygens (including phenoxy) is 4. The number of rotatable bonds is 22. The molecule has 1 unspecified atom stereocenters. The van der Waals surface area contributed by atoms with Crippen molar-refractivity contribution in [2.75, 3.05) is 52.0 Å². The molecular formula is C23H41NO7S+. The summed E-state index contributed by atoms with van der Waals surface area (Å²) in [6, 6.07) is 8.32. The Morgan fingerprint density at radius 2 is 1.28 bits per heavy atom. The highest BCUT2D eigenvalue weighted by atomic mass is 32.3. The van der Waals surface area contributed by atoms with E-state index in [0.29, 0.717) is 33.0 Å². The van der Waals surface area contributed by atoms with E-state index in [9.17, 15) is 8.76 Å². The van der Waals surface area contributed by atoms with Crippen LogP contribution in [0, 0.1) is 0 Å². The Morgan fingerprint density at radius 1 is 0.750 bits per heavy atom. The van der Waals surface area contributed by atoms with Gasteiger partial charge in [0.25, 0.3) is 0 Å². The van der Waals surface area contributed by atoms with Crippen LogP contribution in [0.1, 0.15) is 57.4 Å². The lowest BCUT2D eigenvalue weighted by atomic mass is 10.0. The molecule has 32 heavy (non-hydrogen) atoms. The van der Waals surface area contributed by atoms with Crippen LogP contribution in [-0.2, 0) is 44.2 Å². The van der Waals surface area contributed by atoms with Gasteiger partial charge in [-0.05, 0) is 39.0 Å². The van der Waals surface area contributed by atoms with Crippen molar-refractivity contribution in [3.05, 3.63) is 29.8 Å². The van der Waals surface area contributed by atoms with Crippen molar-refractivity contribution < 1.29 is 32.0 Å². The minimum absolute atomic E-state index is 0.0108. The summed E-state index contributed by atoms with van der Waals surface area (Å²) in [7, 11) is -3.68. The van der Waals surface area contributed by atoms with Gasteiger partial charge in [0.05, 0.1) is 44.2 Å². The van der Waals surface area contributed by atoms with Crippen molar-refractivity contribution >= 4 is 10.5 Å². The van der Waals surface area contributed by atoms with E-state index in [4.69, 9.17) is 18.9 Å². The van der Waals surface area contributed by atoms with Crippen molar-refractivity contribution in [3.63, 3.8) is 0 Å². The van der Waals surface area contributed by atoms with Gasteiger partial charge in [-0.2, -0.15) is 5.90 Å². The molecule has 0 aromatic heterocycles. The van der Waals surface area contributed by atoms with E-state index in [0.717, 1.165) is 12.2 Å². The van der Waals surface area contributed by atoms with Gasteiger partial charge in [0.1, 0.15) is 12.4 Å². The van der Waals surface area contributed by atoms with Gasteiger partial charge in [0, 0.05) is 0 Å². The molecule has 0 aliphatic heterocycles. The molecule has 1 radical (unpaired) electrons. The molecule has 0 saturated carbocycles. The summed E-state index contributed by atoms with van der Waals surface area (Å²) in [5.41, 5.74) is 1.36. The van der Waals surface area contributed by atoms with Crippen LogP contribution < -0.4 is 10.6 Å². The average Bonchev–Trinajstić information content (AvgIpc) is 2.80. The van der Waals surface area contributed by atoms with Crippen molar-refractivity contribution in [1.82, 2.24) is 0 Å². The SMILES string of the molecule is CCCCCCCCCc1ccc(OCCOCCOCCOCC[S+]([O])(=O)ON)cc1. The Bertz CT molecular complexity index is 601. The fourth-order valence-electron chi connectivity index (χ4n) is 3.01. The Morgan fingerprint density at radius 3 is 1.88 bits per heavy atom. The van der Waals surface area contributed by atoms with Crippen molar-refractivity contribution in [1.29, 1.82) is 0 Å². The third kappa shape index (κ3) is 16.5. The summed E-state index contributed by atoms with van der Waals surface area (Å²) in [6.45, 7) is 4.76. The molecule has 2 N–H and O–H groups in total. The van der Waals surface area contributed by atoms with E-state index in [1.807, 2.05) is 12.1 Å². The topological polar surface area (TPSA) is 109 Å². The van der Waals surface area contributed by atoms with Crippen molar-refractivity contribution in [2.45, 2.75) is 58.3 Å². The molecule has 1 aromatic carbocycles. The summed E-state index contributed by atoms with van der Waals surface area (Å²) in [5.74, 6) is 5.19. The van der Waals surface area contributed by atoms with Crippen LogP contribution >= 0.6 is 0 Å². The maximum absolute atomic E-state index is 11.0. The second-order valence-electron chi connectivity index (χ2n) is 7.56. The summed E-state index contributed by atoms with van der Waals surface area (Å²) in [4.78, 5) is 0. The van der Waals surface area contributed by atoms with Crippen LogP contribution in [0.15, 0.2) is 24.3 Å². The zero-order chi connectivity index (χ0) is 23.3. The highest BCUT2D eigenvalue weighted by Crippen LogP contribution is 2.15. The summed E-state index contributed by atoms with van der Waals surface area (Å²) >= 11 is 0. The molecule has 0 fully saturated rings. The number of aryl methyl sites for hydroxylation is 1. The van der Waals surface area contributed by atoms with E-state index in [2.05, 4.69) is 29.2 Å². The molecule has 0 spiro atoms. The van der Waals surface area contributed by atoms with Crippen LogP contribution in [0.2, 0.25) is 0 Å². The van der Waals surface area contributed by atoms with Crippen LogP contribution in [0.3, 0.4) is 0 Å². The van der Waals surface area contributed by atoms with Gasteiger partial charge in [0.2, 0.25) is 5.75 Å². The lowest BCUT2D eigenvalue weighted by molar-refractivity contribution is 0.0113. The van der Waals surface area contributed by atoms with Gasteiger partial charge < -0.3 is 18.9 Å². The maximum Gasteiger partial charge on any atom is 0.415 e. The molecule has 1 aromatic rings. The van der Waals surface area contributed by atoms with E-state index in [-0.39, 0.29) is 19.0 Å². The Balaban J connectivity index is 1.91. The van der Waals surface area contributed by atoms with Crippen LogP contribution in [0.4, 0.5) is 0 Å².